The van der Waals surface area contributed by atoms with Gasteiger partial charge in [0.25, 0.3) is 0 Å². The minimum absolute atomic E-state index is 0.330. The zero-order chi connectivity index (χ0) is 13.8. The van der Waals surface area contributed by atoms with Crippen molar-refractivity contribution in [3.05, 3.63) is 53.8 Å². The van der Waals surface area contributed by atoms with Crippen LogP contribution in [0.3, 0.4) is 0 Å². The van der Waals surface area contributed by atoms with Gasteiger partial charge in [-0.05, 0) is 29.8 Å². The molecule has 0 amide bonds. The summed E-state index contributed by atoms with van der Waals surface area (Å²) >= 11 is 0. The van der Waals surface area contributed by atoms with Crippen LogP contribution in [-0.4, -0.2) is 19.3 Å². The highest BCUT2D eigenvalue weighted by atomic mass is 19.1. The SMILES string of the molecule is COc1ccccc1N(C)Cc1ccc(O)c(F)c1. The van der Waals surface area contributed by atoms with Crippen LogP contribution in [0.25, 0.3) is 0 Å². The molecule has 0 saturated heterocycles. The number of halogens is 1. The first-order valence-electron chi connectivity index (χ1n) is 5.93. The van der Waals surface area contributed by atoms with Crippen molar-refractivity contribution in [3.8, 4) is 11.5 Å². The summed E-state index contributed by atoms with van der Waals surface area (Å²) in [5.41, 5.74) is 1.71. The number of anilines is 1. The van der Waals surface area contributed by atoms with Crippen LogP contribution < -0.4 is 9.64 Å². The maximum Gasteiger partial charge on any atom is 0.165 e. The Morgan fingerprint density at radius 1 is 1.21 bits per heavy atom. The molecule has 2 aromatic carbocycles. The topological polar surface area (TPSA) is 32.7 Å². The van der Waals surface area contributed by atoms with Gasteiger partial charge in [-0.1, -0.05) is 18.2 Å². The quantitative estimate of drug-likeness (QED) is 0.917. The Bertz CT molecular complexity index is 572. The van der Waals surface area contributed by atoms with E-state index in [1.54, 1.807) is 13.2 Å². The molecule has 2 rings (SSSR count). The van der Waals surface area contributed by atoms with Gasteiger partial charge in [0.2, 0.25) is 0 Å². The fraction of sp³-hybridized carbons (Fsp3) is 0.200. The van der Waals surface area contributed by atoms with Gasteiger partial charge in [-0.15, -0.1) is 0 Å². The highest BCUT2D eigenvalue weighted by molar-refractivity contribution is 5.58. The third-order valence-electron chi connectivity index (χ3n) is 2.93. The Labute approximate surface area is 111 Å². The Morgan fingerprint density at radius 2 is 1.95 bits per heavy atom. The van der Waals surface area contributed by atoms with E-state index in [2.05, 4.69) is 0 Å². The van der Waals surface area contributed by atoms with Crippen molar-refractivity contribution in [1.29, 1.82) is 0 Å². The average Bonchev–Trinajstić information content (AvgIpc) is 2.43. The van der Waals surface area contributed by atoms with Gasteiger partial charge in [0, 0.05) is 13.6 Å². The average molecular weight is 261 g/mol. The van der Waals surface area contributed by atoms with E-state index in [0.29, 0.717) is 6.54 Å². The van der Waals surface area contributed by atoms with Crippen molar-refractivity contribution in [2.75, 3.05) is 19.1 Å². The van der Waals surface area contributed by atoms with Gasteiger partial charge in [0.15, 0.2) is 11.6 Å². The third kappa shape index (κ3) is 2.96. The van der Waals surface area contributed by atoms with Gasteiger partial charge in [-0.2, -0.15) is 0 Å². The van der Waals surface area contributed by atoms with Crippen LogP contribution in [0.15, 0.2) is 42.5 Å². The molecule has 3 nitrogen and oxygen atoms in total. The number of benzene rings is 2. The molecule has 0 radical (unpaired) electrons. The molecule has 0 aliphatic carbocycles. The molecule has 100 valence electrons. The lowest BCUT2D eigenvalue weighted by Crippen LogP contribution is -2.17. The van der Waals surface area contributed by atoms with E-state index in [1.807, 2.05) is 36.2 Å². The molecular formula is C15H16FNO2. The van der Waals surface area contributed by atoms with E-state index in [9.17, 15) is 4.39 Å². The van der Waals surface area contributed by atoms with E-state index in [1.165, 1.54) is 12.1 Å². The first-order chi connectivity index (χ1) is 9.11. The fourth-order valence-electron chi connectivity index (χ4n) is 1.95. The van der Waals surface area contributed by atoms with Gasteiger partial charge >= 0.3 is 0 Å². The molecule has 0 aliphatic heterocycles. The number of hydrogen-bond donors (Lipinski definition) is 1. The largest absolute Gasteiger partial charge is 0.505 e. The van der Waals surface area contributed by atoms with Crippen molar-refractivity contribution < 1.29 is 14.2 Å². The van der Waals surface area contributed by atoms with E-state index in [-0.39, 0.29) is 5.75 Å². The van der Waals surface area contributed by atoms with Crippen LogP contribution >= 0.6 is 0 Å². The number of nitrogens with zero attached hydrogens (tertiary/aromatic N) is 1. The molecule has 0 saturated carbocycles. The van der Waals surface area contributed by atoms with E-state index in [0.717, 1.165) is 17.0 Å². The van der Waals surface area contributed by atoms with Crippen molar-refractivity contribution in [3.63, 3.8) is 0 Å². The molecule has 0 spiro atoms. The number of aromatic hydroxyl groups is 1. The summed E-state index contributed by atoms with van der Waals surface area (Å²) in [7, 11) is 3.52. The van der Waals surface area contributed by atoms with Crippen LogP contribution in [0.1, 0.15) is 5.56 Å². The van der Waals surface area contributed by atoms with Crippen molar-refractivity contribution in [2.45, 2.75) is 6.54 Å². The van der Waals surface area contributed by atoms with Gasteiger partial charge < -0.3 is 14.7 Å². The lowest BCUT2D eigenvalue weighted by Gasteiger charge is -2.21. The number of phenols is 1. The first kappa shape index (κ1) is 13.2. The molecule has 0 fully saturated rings. The summed E-state index contributed by atoms with van der Waals surface area (Å²) in [6.45, 7) is 0.525. The number of phenolic OH excluding ortho intramolecular Hbond substituents is 1. The second kappa shape index (κ2) is 5.61. The standard InChI is InChI=1S/C15H16FNO2/c1-17(13-5-3-4-6-15(13)19-2)10-11-7-8-14(18)12(16)9-11/h3-9,18H,10H2,1-2H3. The molecule has 19 heavy (non-hydrogen) atoms. The molecule has 0 aliphatic rings. The molecule has 0 unspecified atom stereocenters. The molecule has 0 bridgehead atoms. The van der Waals surface area contributed by atoms with Crippen LogP contribution in [-0.2, 0) is 6.54 Å². The summed E-state index contributed by atoms with van der Waals surface area (Å²) in [5.74, 6) is -0.168. The number of para-hydroxylation sites is 2. The minimum Gasteiger partial charge on any atom is -0.505 e. The van der Waals surface area contributed by atoms with Gasteiger partial charge in [-0.25, -0.2) is 4.39 Å². The smallest absolute Gasteiger partial charge is 0.165 e. The number of rotatable bonds is 4. The summed E-state index contributed by atoms with van der Waals surface area (Å²) in [6, 6.07) is 12.0. The summed E-state index contributed by atoms with van der Waals surface area (Å²) in [4.78, 5) is 1.96. The maximum atomic E-state index is 13.3. The molecular weight excluding hydrogens is 245 g/mol. The fourth-order valence-corrected chi connectivity index (χ4v) is 1.95. The van der Waals surface area contributed by atoms with Gasteiger partial charge in [0.05, 0.1) is 12.8 Å². The Kier molecular flexibility index (Phi) is 3.90. The normalized spacial score (nSPS) is 10.3. The second-order valence-electron chi connectivity index (χ2n) is 4.31. The molecule has 1 N–H and O–H groups in total. The van der Waals surface area contributed by atoms with Crippen molar-refractivity contribution in [2.24, 2.45) is 0 Å². The number of methoxy groups -OCH3 is 1. The zero-order valence-corrected chi connectivity index (χ0v) is 10.9. The Balaban J connectivity index is 2.20. The van der Waals surface area contributed by atoms with Crippen LogP contribution in [0.4, 0.5) is 10.1 Å². The van der Waals surface area contributed by atoms with Crippen LogP contribution in [0.2, 0.25) is 0 Å². The highest BCUT2D eigenvalue weighted by Gasteiger charge is 2.09. The van der Waals surface area contributed by atoms with Crippen LogP contribution in [0, 0.1) is 5.82 Å². The predicted octanol–water partition coefficient (Wildman–Crippen LogP) is 3.18. The summed E-state index contributed by atoms with van der Waals surface area (Å²) in [5, 5.41) is 9.17. The number of hydrogen-bond acceptors (Lipinski definition) is 3. The van der Waals surface area contributed by atoms with Crippen molar-refractivity contribution >= 4 is 5.69 Å². The Morgan fingerprint density at radius 3 is 2.63 bits per heavy atom. The molecule has 0 atom stereocenters. The first-order valence-corrected chi connectivity index (χ1v) is 5.93. The second-order valence-corrected chi connectivity index (χ2v) is 4.31. The van der Waals surface area contributed by atoms with Gasteiger partial charge in [0.1, 0.15) is 5.75 Å². The molecule has 4 heteroatoms. The van der Waals surface area contributed by atoms with Gasteiger partial charge in [-0.3, -0.25) is 0 Å². The lowest BCUT2D eigenvalue weighted by atomic mass is 10.2. The maximum absolute atomic E-state index is 13.3. The predicted molar refractivity (Wildman–Crippen MR) is 73.2 cm³/mol. The van der Waals surface area contributed by atoms with E-state index in [4.69, 9.17) is 9.84 Å². The third-order valence-corrected chi connectivity index (χ3v) is 2.93. The number of ether oxygens (including phenoxy) is 1. The van der Waals surface area contributed by atoms with E-state index < -0.39 is 5.82 Å². The van der Waals surface area contributed by atoms with E-state index >= 15 is 0 Å². The molecule has 0 aromatic heterocycles. The zero-order valence-electron chi connectivity index (χ0n) is 10.9. The molecule has 0 heterocycles. The van der Waals surface area contributed by atoms with Crippen LogP contribution in [0.5, 0.6) is 11.5 Å². The van der Waals surface area contributed by atoms with Crippen molar-refractivity contribution in [1.82, 2.24) is 0 Å². The highest BCUT2D eigenvalue weighted by Crippen LogP contribution is 2.28. The minimum atomic E-state index is -0.606. The summed E-state index contributed by atoms with van der Waals surface area (Å²) < 4.78 is 18.6. The lowest BCUT2D eigenvalue weighted by molar-refractivity contribution is 0.414. The Hall–Kier alpha value is -2.23. The monoisotopic (exact) mass is 261 g/mol. The summed E-state index contributed by atoms with van der Waals surface area (Å²) in [6.07, 6.45) is 0. The molecule has 2 aromatic rings.